The van der Waals surface area contributed by atoms with Gasteiger partial charge in [-0.1, -0.05) is 5.21 Å². The smallest absolute Gasteiger partial charge is 0.325 e. The summed E-state index contributed by atoms with van der Waals surface area (Å²) in [5.74, 6) is -0.846. The molecule has 1 aromatic rings. The molecular formula is C9H12N4O3. The molecule has 16 heavy (non-hydrogen) atoms. The third-order valence-corrected chi connectivity index (χ3v) is 2.41. The van der Waals surface area contributed by atoms with E-state index in [1.54, 1.807) is 11.1 Å². The maximum absolute atomic E-state index is 11.3. The summed E-state index contributed by atoms with van der Waals surface area (Å²) in [4.78, 5) is 23.5. The second-order valence-electron chi connectivity index (χ2n) is 3.72. The zero-order valence-electron chi connectivity index (χ0n) is 8.67. The lowest BCUT2D eigenvalue weighted by Crippen LogP contribution is -2.24. The summed E-state index contributed by atoms with van der Waals surface area (Å²) < 4.78 is 1.25. The van der Waals surface area contributed by atoms with E-state index < -0.39 is 5.97 Å². The Labute approximate surface area is 91.7 Å². The van der Waals surface area contributed by atoms with Gasteiger partial charge in [0.15, 0.2) is 0 Å². The molecule has 0 spiro atoms. The van der Waals surface area contributed by atoms with Crippen LogP contribution in [-0.2, 0) is 22.7 Å². The first-order valence-electron chi connectivity index (χ1n) is 5.04. The molecule has 7 heteroatoms. The number of carboxylic acids is 1. The number of aromatic nitrogens is 3. The average molecular weight is 224 g/mol. The number of carboxylic acid groups (broad SMARTS) is 1. The number of carbonyl (C=O) groups is 2. The molecule has 1 aliphatic rings. The first-order chi connectivity index (χ1) is 7.65. The van der Waals surface area contributed by atoms with E-state index in [0.717, 1.165) is 13.0 Å². The molecule has 1 aliphatic heterocycles. The molecule has 2 heterocycles. The minimum atomic E-state index is -0.964. The number of hydrogen-bond acceptors (Lipinski definition) is 4. The van der Waals surface area contributed by atoms with Crippen molar-refractivity contribution in [2.75, 3.05) is 6.54 Å². The topological polar surface area (TPSA) is 88.3 Å². The predicted molar refractivity (Wildman–Crippen MR) is 52.3 cm³/mol. The maximum Gasteiger partial charge on any atom is 0.325 e. The van der Waals surface area contributed by atoms with E-state index in [4.69, 9.17) is 5.11 Å². The zero-order valence-corrected chi connectivity index (χ0v) is 8.67. The van der Waals surface area contributed by atoms with Gasteiger partial charge in [-0.3, -0.25) is 9.59 Å². The van der Waals surface area contributed by atoms with Crippen LogP contribution in [0.5, 0.6) is 0 Å². The SMILES string of the molecule is O=C(O)Cn1cc(CN2CCCC2=O)nn1. The molecule has 1 saturated heterocycles. The molecule has 0 saturated carbocycles. The van der Waals surface area contributed by atoms with Crippen molar-refractivity contribution >= 4 is 11.9 Å². The van der Waals surface area contributed by atoms with Gasteiger partial charge in [-0.2, -0.15) is 0 Å². The highest BCUT2D eigenvalue weighted by molar-refractivity contribution is 5.77. The molecule has 0 aromatic carbocycles. The van der Waals surface area contributed by atoms with Gasteiger partial charge in [-0.05, 0) is 6.42 Å². The monoisotopic (exact) mass is 224 g/mol. The number of nitrogens with zero attached hydrogens (tertiary/aromatic N) is 4. The Bertz CT molecular complexity index is 415. The van der Waals surface area contributed by atoms with Crippen LogP contribution in [-0.4, -0.2) is 43.4 Å². The van der Waals surface area contributed by atoms with Gasteiger partial charge in [0, 0.05) is 13.0 Å². The van der Waals surface area contributed by atoms with E-state index in [0.29, 0.717) is 18.7 Å². The number of carbonyl (C=O) groups excluding carboxylic acids is 1. The number of rotatable bonds is 4. The fraction of sp³-hybridized carbons (Fsp3) is 0.556. The Hall–Kier alpha value is -1.92. The Balaban J connectivity index is 1.97. The highest BCUT2D eigenvalue weighted by atomic mass is 16.4. The molecule has 0 bridgehead atoms. The predicted octanol–water partition coefficient (Wildman–Crippen LogP) is -0.515. The summed E-state index contributed by atoms with van der Waals surface area (Å²) in [6.45, 7) is 0.948. The van der Waals surface area contributed by atoms with Gasteiger partial charge < -0.3 is 10.0 Å². The van der Waals surface area contributed by atoms with Crippen molar-refractivity contribution in [3.8, 4) is 0 Å². The van der Waals surface area contributed by atoms with Crippen molar-refractivity contribution in [1.82, 2.24) is 19.9 Å². The molecule has 1 aromatic heterocycles. The van der Waals surface area contributed by atoms with Gasteiger partial charge in [-0.15, -0.1) is 5.10 Å². The number of aliphatic carboxylic acids is 1. The van der Waals surface area contributed by atoms with Crippen molar-refractivity contribution < 1.29 is 14.7 Å². The Morgan fingerprint density at radius 3 is 3.00 bits per heavy atom. The lowest BCUT2D eigenvalue weighted by molar-refractivity contribution is -0.138. The third-order valence-electron chi connectivity index (χ3n) is 2.41. The molecule has 0 aliphatic carbocycles. The van der Waals surface area contributed by atoms with E-state index in [1.165, 1.54) is 4.68 Å². The standard InChI is InChI=1S/C9H12N4O3/c14-8-2-1-3-12(8)4-7-5-13(11-10-7)6-9(15)16/h5H,1-4,6H2,(H,15,16). The Morgan fingerprint density at radius 1 is 1.56 bits per heavy atom. The molecule has 0 unspecified atom stereocenters. The van der Waals surface area contributed by atoms with Gasteiger partial charge in [-0.25, -0.2) is 4.68 Å². The molecule has 1 N–H and O–H groups in total. The van der Waals surface area contributed by atoms with Crippen molar-refractivity contribution in [1.29, 1.82) is 0 Å². The van der Waals surface area contributed by atoms with E-state index in [9.17, 15) is 9.59 Å². The summed E-state index contributed by atoms with van der Waals surface area (Å²) in [7, 11) is 0. The van der Waals surface area contributed by atoms with Crippen LogP contribution in [0, 0.1) is 0 Å². The molecule has 0 atom stereocenters. The molecule has 7 nitrogen and oxygen atoms in total. The summed E-state index contributed by atoms with van der Waals surface area (Å²) in [5, 5.41) is 16.0. The van der Waals surface area contributed by atoms with Crippen LogP contribution < -0.4 is 0 Å². The van der Waals surface area contributed by atoms with Crippen LogP contribution in [0.15, 0.2) is 6.20 Å². The molecule has 0 radical (unpaired) electrons. The highest BCUT2D eigenvalue weighted by Crippen LogP contribution is 2.12. The number of hydrogen-bond donors (Lipinski definition) is 1. The second kappa shape index (κ2) is 4.30. The molecule has 2 rings (SSSR count). The van der Waals surface area contributed by atoms with E-state index >= 15 is 0 Å². The summed E-state index contributed by atoms with van der Waals surface area (Å²) in [6.07, 6.45) is 3.02. The lowest BCUT2D eigenvalue weighted by Gasteiger charge is -2.12. The largest absolute Gasteiger partial charge is 0.480 e. The number of likely N-dealkylation sites (tertiary alicyclic amines) is 1. The minimum absolute atomic E-state index is 0.118. The van der Waals surface area contributed by atoms with Crippen molar-refractivity contribution in [2.45, 2.75) is 25.9 Å². The maximum atomic E-state index is 11.3. The number of amides is 1. The van der Waals surface area contributed by atoms with Crippen molar-refractivity contribution in [2.24, 2.45) is 0 Å². The minimum Gasteiger partial charge on any atom is -0.480 e. The fourth-order valence-electron chi connectivity index (χ4n) is 1.69. The first kappa shape index (κ1) is 10.6. The van der Waals surface area contributed by atoms with E-state index in [-0.39, 0.29) is 12.5 Å². The van der Waals surface area contributed by atoms with Crippen LogP contribution in [0.3, 0.4) is 0 Å². The third kappa shape index (κ3) is 2.36. The van der Waals surface area contributed by atoms with Crippen molar-refractivity contribution in [3.05, 3.63) is 11.9 Å². The quantitative estimate of drug-likeness (QED) is 0.743. The molecule has 1 fully saturated rings. The zero-order chi connectivity index (χ0) is 11.5. The van der Waals surface area contributed by atoms with Crippen LogP contribution in [0.25, 0.3) is 0 Å². The van der Waals surface area contributed by atoms with Crippen LogP contribution in [0.1, 0.15) is 18.5 Å². The second-order valence-corrected chi connectivity index (χ2v) is 3.72. The van der Waals surface area contributed by atoms with Gasteiger partial charge >= 0.3 is 5.97 Å². The highest BCUT2D eigenvalue weighted by Gasteiger charge is 2.21. The average Bonchev–Trinajstić information content (AvgIpc) is 2.77. The normalized spacial score (nSPS) is 15.8. The Morgan fingerprint density at radius 2 is 2.38 bits per heavy atom. The fourth-order valence-corrected chi connectivity index (χ4v) is 1.69. The van der Waals surface area contributed by atoms with Crippen LogP contribution in [0.2, 0.25) is 0 Å². The van der Waals surface area contributed by atoms with Gasteiger partial charge in [0.05, 0.1) is 12.7 Å². The summed E-state index contributed by atoms with van der Waals surface area (Å²) in [6, 6.07) is 0. The Kier molecular flexibility index (Phi) is 2.84. The van der Waals surface area contributed by atoms with Gasteiger partial charge in [0.1, 0.15) is 12.2 Å². The molecular weight excluding hydrogens is 212 g/mol. The molecule has 86 valence electrons. The van der Waals surface area contributed by atoms with E-state index in [1.807, 2.05) is 0 Å². The molecule has 1 amide bonds. The van der Waals surface area contributed by atoms with Crippen molar-refractivity contribution in [3.63, 3.8) is 0 Å². The van der Waals surface area contributed by atoms with E-state index in [2.05, 4.69) is 10.3 Å². The lowest BCUT2D eigenvalue weighted by atomic mass is 10.4. The van der Waals surface area contributed by atoms with Crippen LogP contribution >= 0.6 is 0 Å². The first-order valence-corrected chi connectivity index (χ1v) is 5.04. The summed E-state index contributed by atoms with van der Waals surface area (Å²) >= 11 is 0. The van der Waals surface area contributed by atoms with Gasteiger partial charge in [0.2, 0.25) is 5.91 Å². The van der Waals surface area contributed by atoms with Crippen LogP contribution in [0.4, 0.5) is 0 Å². The summed E-state index contributed by atoms with van der Waals surface area (Å²) in [5.41, 5.74) is 0.622. The van der Waals surface area contributed by atoms with Gasteiger partial charge in [0.25, 0.3) is 0 Å².